The largest absolute Gasteiger partial charge is 0.507 e. The third-order valence-electron chi connectivity index (χ3n) is 8.76. The maximum absolute atomic E-state index is 13.6. The minimum atomic E-state index is -0.796. The Morgan fingerprint density at radius 2 is 1.70 bits per heavy atom. The van der Waals surface area contributed by atoms with Gasteiger partial charge in [0.1, 0.15) is 18.1 Å². The van der Waals surface area contributed by atoms with E-state index in [0.29, 0.717) is 73.7 Å². The standard InChI is InChI=1S/C38H46N2O7/c1-26(2)16-21-46-32-15-12-29(24-33(32)44-4)35-34(37(42)38(43)40(35)18-7-17-39-19-22-45-23-20-39)36(41)28-10-13-31(14-11-28)47-25-30-9-6-5-8-27(30)3/h5-6,8-15,24,26,35,41H,7,16-23,25H2,1-4H3. The third kappa shape index (κ3) is 8.34. The Morgan fingerprint density at radius 1 is 0.957 bits per heavy atom. The molecule has 250 valence electrons. The summed E-state index contributed by atoms with van der Waals surface area (Å²) in [4.78, 5) is 31.1. The fourth-order valence-electron chi connectivity index (χ4n) is 5.92. The van der Waals surface area contributed by atoms with Gasteiger partial charge in [0.2, 0.25) is 0 Å². The van der Waals surface area contributed by atoms with Gasteiger partial charge in [-0.2, -0.15) is 0 Å². The zero-order valence-corrected chi connectivity index (χ0v) is 27.9. The van der Waals surface area contributed by atoms with Crippen LogP contribution in [0, 0.1) is 12.8 Å². The molecule has 5 rings (SSSR count). The zero-order valence-electron chi connectivity index (χ0n) is 27.9. The Bertz CT molecular complexity index is 1560. The lowest BCUT2D eigenvalue weighted by atomic mass is 9.95. The van der Waals surface area contributed by atoms with Gasteiger partial charge in [0.25, 0.3) is 11.7 Å². The quantitative estimate of drug-likeness (QED) is 0.127. The lowest BCUT2D eigenvalue weighted by molar-refractivity contribution is -0.140. The van der Waals surface area contributed by atoms with E-state index in [9.17, 15) is 14.7 Å². The second kappa shape index (κ2) is 16.0. The van der Waals surface area contributed by atoms with E-state index in [2.05, 4.69) is 18.7 Å². The summed E-state index contributed by atoms with van der Waals surface area (Å²) in [5.41, 5.74) is 3.35. The van der Waals surface area contributed by atoms with Gasteiger partial charge >= 0.3 is 0 Å². The van der Waals surface area contributed by atoms with Crippen molar-refractivity contribution < 1.29 is 33.6 Å². The molecule has 3 aromatic rings. The summed E-state index contributed by atoms with van der Waals surface area (Å²) in [6, 6.07) is 19.6. The molecule has 2 heterocycles. The van der Waals surface area contributed by atoms with Gasteiger partial charge in [-0.3, -0.25) is 14.5 Å². The van der Waals surface area contributed by atoms with E-state index in [1.54, 1.807) is 42.3 Å². The van der Waals surface area contributed by atoms with E-state index in [1.807, 2.05) is 43.3 Å². The average molecular weight is 643 g/mol. The predicted octanol–water partition coefficient (Wildman–Crippen LogP) is 6.15. The number of ketones is 1. The molecule has 9 nitrogen and oxygen atoms in total. The number of hydrogen-bond acceptors (Lipinski definition) is 8. The average Bonchev–Trinajstić information content (AvgIpc) is 3.33. The number of benzene rings is 3. The summed E-state index contributed by atoms with van der Waals surface area (Å²) < 4.78 is 23.1. The molecule has 9 heteroatoms. The maximum Gasteiger partial charge on any atom is 0.295 e. The maximum atomic E-state index is 13.6. The number of ether oxygens (including phenoxy) is 4. The van der Waals surface area contributed by atoms with Crippen molar-refractivity contribution in [3.8, 4) is 17.2 Å². The Kier molecular flexibility index (Phi) is 11.6. The summed E-state index contributed by atoms with van der Waals surface area (Å²) in [5, 5.41) is 11.6. The molecule has 0 aliphatic carbocycles. The molecule has 2 aliphatic rings. The Labute approximate surface area is 277 Å². The number of rotatable bonds is 14. The van der Waals surface area contributed by atoms with Gasteiger partial charge in [0.05, 0.1) is 38.5 Å². The van der Waals surface area contributed by atoms with Gasteiger partial charge in [-0.1, -0.05) is 44.2 Å². The van der Waals surface area contributed by atoms with Crippen LogP contribution in [0.2, 0.25) is 0 Å². The molecule has 2 saturated heterocycles. The van der Waals surface area contributed by atoms with Crippen molar-refractivity contribution in [2.45, 2.75) is 46.3 Å². The molecule has 3 aromatic carbocycles. The molecule has 1 N–H and O–H groups in total. The van der Waals surface area contributed by atoms with Crippen molar-refractivity contribution in [1.29, 1.82) is 0 Å². The number of Topliss-reactive ketones (excluding diaryl/α,β-unsaturated/α-hetero) is 1. The zero-order chi connectivity index (χ0) is 33.3. The van der Waals surface area contributed by atoms with E-state index in [0.717, 1.165) is 37.2 Å². The van der Waals surface area contributed by atoms with Crippen molar-refractivity contribution in [3.05, 3.63) is 94.6 Å². The molecule has 0 spiro atoms. The third-order valence-corrected chi connectivity index (χ3v) is 8.76. The van der Waals surface area contributed by atoms with Crippen molar-refractivity contribution in [3.63, 3.8) is 0 Å². The molecule has 1 atom stereocenters. The van der Waals surface area contributed by atoms with Crippen LogP contribution in [0.15, 0.2) is 72.3 Å². The van der Waals surface area contributed by atoms with E-state index >= 15 is 0 Å². The van der Waals surface area contributed by atoms with E-state index in [4.69, 9.17) is 18.9 Å². The molecule has 0 bridgehead atoms. The van der Waals surface area contributed by atoms with Gasteiger partial charge in [-0.15, -0.1) is 0 Å². The highest BCUT2D eigenvalue weighted by atomic mass is 16.5. The van der Waals surface area contributed by atoms with Crippen LogP contribution in [-0.4, -0.2) is 79.7 Å². The number of morpholine rings is 1. The molecular formula is C38H46N2O7. The predicted molar refractivity (Wildman–Crippen MR) is 181 cm³/mol. The number of amides is 1. The molecule has 1 amide bonds. The smallest absolute Gasteiger partial charge is 0.295 e. The fraction of sp³-hybridized carbons (Fsp3) is 0.421. The lowest BCUT2D eigenvalue weighted by Crippen LogP contribution is -2.39. The van der Waals surface area contributed by atoms with Crippen molar-refractivity contribution in [2.24, 2.45) is 5.92 Å². The van der Waals surface area contributed by atoms with Crippen LogP contribution in [0.5, 0.6) is 17.2 Å². The normalized spacial score (nSPS) is 18.1. The van der Waals surface area contributed by atoms with Crippen LogP contribution in [0.3, 0.4) is 0 Å². The highest BCUT2D eigenvalue weighted by molar-refractivity contribution is 6.46. The fourth-order valence-corrected chi connectivity index (χ4v) is 5.92. The van der Waals surface area contributed by atoms with Gasteiger partial charge in [-0.05, 0) is 78.8 Å². The summed E-state index contributed by atoms with van der Waals surface area (Å²) >= 11 is 0. The van der Waals surface area contributed by atoms with E-state index in [1.165, 1.54) is 0 Å². The number of aliphatic hydroxyl groups is 1. The number of aliphatic hydroxyl groups excluding tert-OH is 1. The molecule has 2 fully saturated rings. The highest BCUT2D eigenvalue weighted by Crippen LogP contribution is 2.42. The number of carbonyl (C=O) groups is 2. The van der Waals surface area contributed by atoms with Gasteiger partial charge in [0, 0.05) is 31.7 Å². The number of carbonyl (C=O) groups excluding carboxylic acids is 2. The van der Waals surface area contributed by atoms with Crippen LogP contribution in [0.4, 0.5) is 0 Å². The van der Waals surface area contributed by atoms with Crippen molar-refractivity contribution in [2.75, 3.05) is 53.1 Å². The van der Waals surface area contributed by atoms with Crippen molar-refractivity contribution >= 4 is 17.4 Å². The van der Waals surface area contributed by atoms with Gasteiger partial charge < -0.3 is 29.0 Å². The SMILES string of the molecule is COc1cc(C2C(=C(O)c3ccc(OCc4ccccc4C)cc3)C(=O)C(=O)N2CCCN2CCOCC2)ccc1OCCC(C)C. The van der Waals surface area contributed by atoms with E-state index < -0.39 is 17.7 Å². The molecular weight excluding hydrogens is 596 g/mol. The molecule has 47 heavy (non-hydrogen) atoms. The van der Waals surface area contributed by atoms with E-state index in [-0.39, 0.29) is 11.3 Å². The summed E-state index contributed by atoms with van der Waals surface area (Å²) in [5.74, 6) is 0.630. The molecule has 0 radical (unpaired) electrons. The van der Waals surface area contributed by atoms with Crippen molar-refractivity contribution in [1.82, 2.24) is 9.80 Å². The first kappa shape index (κ1) is 34.0. The summed E-state index contributed by atoms with van der Waals surface area (Å²) in [6.07, 6.45) is 1.56. The Morgan fingerprint density at radius 3 is 2.40 bits per heavy atom. The Balaban J connectivity index is 1.43. The first-order chi connectivity index (χ1) is 22.8. The Hall–Kier alpha value is -4.34. The number of aryl methyl sites for hydroxylation is 1. The lowest BCUT2D eigenvalue weighted by Gasteiger charge is -2.29. The minimum absolute atomic E-state index is 0.0467. The molecule has 0 saturated carbocycles. The van der Waals surface area contributed by atoms with Gasteiger partial charge in [-0.25, -0.2) is 0 Å². The number of methoxy groups -OCH3 is 1. The molecule has 2 aliphatic heterocycles. The second-order valence-corrected chi connectivity index (χ2v) is 12.5. The number of nitrogens with zero attached hydrogens (tertiary/aromatic N) is 2. The van der Waals surface area contributed by atoms with Crippen LogP contribution < -0.4 is 14.2 Å². The summed E-state index contributed by atoms with van der Waals surface area (Å²) in [7, 11) is 1.57. The minimum Gasteiger partial charge on any atom is -0.507 e. The second-order valence-electron chi connectivity index (χ2n) is 12.5. The first-order valence-corrected chi connectivity index (χ1v) is 16.4. The van der Waals surface area contributed by atoms with Crippen LogP contribution in [-0.2, 0) is 20.9 Å². The van der Waals surface area contributed by atoms with Crippen LogP contribution in [0.25, 0.3) is 5.76 Å². The topological polar surface area (TPSA) is 97.8 Å². The summed E-state index contributed by atoms with van der Waals surface area (Å²) in [6.45, 7) is 11.4. The van der Waals surface area contributed by atoms with Gasteiger partial charge in [0.15, 0.2) is 11.5 Å². The monoisotopic (exact) mass is 642 g/mol. The molecule has 0 aromatic heterocycles. The highest BCUT2D eigenvalue weighted by Gasteiger charge is 2.46. The number of likely N-dealkylation sites (tertiary alicyclic amines) is 1. The molecule has 1 unspecified atom stereocenters. The number of hydrogen-bond donors (Lipinski definition) is 1. The first-order valence-electron chi connectivity index (χ1n) is 16.4. The van der Waals surface area contributed by atoms with Crippen LogP contribution >= 0.6 is 0 Å². The van der Waals surface area contributed by atoms with Crippen LogP contribution in [0.1, 0.15) is 55.0 Å².